The maximum atomic E-state index is 3.82. The Labute approximate surface area is 87.8 Å². The molecule has 0 bridgehead atoms. The molecule has 1 N–H and O–H groups in total. The molecule has 0 amide bonds. The fourth-order valence-corrected chi connectivity index (χ4v) is 2.13. The summed E-state index contributed by atoms with van der Waals surface area (Å²) in [4.78, 5) is 4.85. The lowest BCUT2D eigenvalue weighted by molar-refractivity contribution is 0.0904. The molecule has 0 aliphatic carbocycles. The van der Waals surface area contributed by atoms with Gasteiger partial charge in [0.05, 0.1) is 0 Å². The molecule has 1 rings (SSSR count). The van der Waals surface area contributed by atoms with Crippen LogP contribution in [0.3, 0.4) is 0 Å². The van der Waals surface area contributed by atoms with Crippen molar-refractivity contribution < 1.29 is 0 Å². The van der Waals surface area contributed by atoms with E-state index in [9.17, 15) is 0 Å². The smallest absolute Gasteiger partial charge is 0.0376 e. The van der Waals surface area contributed by atoms with Crippen LogP contribution >= 0.6 is 0 Å². The Bertz CT molecular complexity index is 181. The third kappa shape index (κ3) is 2.80. The quantitative estimate of drug-likeness (QED) is 0.658. The van der Waals surface area contributed by atoms with E-state index in [0.29, 0.717) is 12.1 Å². The third-order valence-electron chi connectivity index (χ3n) is 3.16. The van der Waals surface area contributed by atoms with Gasteiger partial charge in [0.2, 0.25) is 0 Å². The van der Waals surface area contributed by atoms with Gasteiger partial charge in [0, 0.05) is 31.7 Å². The van der Waals surface area contributed by atoms with Crippen molar-refractivity contribution in [1.82, 2.24) is 15.1 Å². The van der Waals surface area contributed by atoms with Crippen molar-refractivity contribution in [1.29, 1.82) is 0 Å². The van der Waals surface area contributed by atoms with Crippen LogP contribution in [0.5, 0.6) is 0 Å². The Kier molecular flexibility index (Phi) is 4.58. The minimum Gasteiger partial charge on any atom is -0.315 e. The van der Waals surface area contributed by atoms with E-state index in [2.05, 4.69) is 35.8 Å². The molecule has 82 valence electrons. The van der Waals surface area contributed by atoms with Crippen molar-refractivity contribution in [2.75, 3.05) is 40.8 Å². The summed E-state index contributed by atoms with van der Waals surface area (Å²) in [7, 11) is 6.45. The van der Waals surface area contributed by atoms with E-state index in [0.717, 1.165) is 19.5 Å². The predicted molar refractivity (Wildman–Crippen MR) is 61.6 cm³/mol. The molecule has 2 unspecified atom stereocenters. The summed E-state index contributed by atoms with van der Waals surface area (Å²) in [5, 5.41) is 3.38. The molecule has 2 atom stereocenters. The minimum atomic E-state index is 0.528. The number of rotatable bonds is 4. The monoisotopic (exact) mass is 197 g/mol. The zero-order valence-electron chi connectivity index (χ0n) is 9.66. The van der Waals surface area contributed by atoms with Crippen LogP contribution in [-0.4, -0.2) is 62.7 Å². The van der Waals surface area contributed by atoms with E-state index in [1.165, 1.54) is 6.54 Å². The van der Waals surface area contributed by atoms with Crippen molar-refractivity contribution >= 4 is 0 Å². The van der Waals surface area contributed by atoms with Crippen LogP contribution in [0, 0.1) is 0 Å². The van der Waals surface area contributed by atoms with Crippen molar-refractivity contribution in [2.45, 2.75) is 18.5 Å². The second-order valence-corrected chi connectivity index (χ2v) is 4.23. The van der Waals surface area contributed by atoms with E-state index in [4.69, 9.17) is 0 Å². The molecular weight excluding hydrogens is 174 g/mol. The lowest BCUT2D eigenvalue weighted by atomic mass is 10.0. The lowest BCUT2D eigenvalue weighted by Gasteiger charge is -2.41. The Morgan fingerprint density at radius 2 is 2.21 bits per heavy atom. The predicted octanol–water partition coefficient (Wildman–Crippen LogP) is 0.396. The molecule has 0 spiro atoms. The van der Waals surface area contributed by atoms with Crippen LogP contribution in [0.15, 0.2) is 12.7 Å². The molecule has 3 heteroatoms. The van der Waals surface area contributed by atoms with Gasteiger partial charge in [0.15, 0.2) is 0 Å². The summed E-state index contributed by atoms with van der Waals surface area (Å²) in [5.74, 6) is 0. The molecule has 14 heavy (non-hydrogen) atoms. The molecule has 1 aliphatic heterocycles. The summed E-state index contributed by atoms with van der Waals surface area (Å²) < 4.78 is 0. The second kappa shape index (κ2) is 5.49. The maximum absolute atomic E-state index is 3.82. The van der Waals surface area contributed by atoms with Crippen molar-refractivity contribution in [3.8, 4) is 0 Å². The topological polar surface area (TPSA) is 18.5 Å². The van der Waals surface area contributed by atoms with Crippen LogP contribution < -0.4 is 5.32 Å². The zero-order chi connectivity index (χ0) is 10.6. The van der Waals surface area contributed by atoms with Gasteiger partial charge < -0.3 is 10.2 Å². The van der Waals surface area contributed by atoms with Crippen LogP contribution in [0.25, 0.3) is 0 Å². The Balaban J connectivity index is 2.56. The van der Waals surface area contributed by atoms with Crippen LogP contribution in [0.4, 0.5) is 0 Å². The highest BCUT2D eigenvalue weighted by Crippen LogP contribution is 2.12. The molecule has 0 saturated carbocycles. The van der Waals surface area contributed by atoms with E-state index in [-0.39, 0.29) is 0 Å². The Hall–Kier alpha value is -0.380. The zero-order valence-corrected chi connectivity index (χ0v) is 9.66. The second-order valence-electron chi connectivity index (χ2n) is 4.23. The SMILES string of the molecule is C=CCC(NC)C1CN(C)CCN1C. The molecule has 1 fully saturated rings. The molecule has 0 aromatic carbocycles. The number of nitrogens with one attached hydrogen (secondary N) is 1. The van der Waals surface area contributed by atoms with Gasteiger partial charge >= 0.3 is 0 Å². The summed E-state index contributed by atoms with van der Waals surface area (Å²) in [6, 6.07) is 1.14. The first kappa shape index (κ1) is 11.7. The van der Waals surface area contributed by atoms with Gasteiger partial charge in [-0.1, -0.05) is 6.08 Å². The van der Waals surface area contributed by atoms with Gasteiger partial charge in [0.1, 0.15) is 0 Å². The highest BCUT2D eigenvalue weighted by Gasteiger charge is 2.27. The average molecular weight is 197 g/mol. The Morgan fingerprint density at radius 1 is 1.50 bits per heavy atom. The van der Waals surface area contributed by atoms with E-state index < -0.39 is 0 Å². The molecule has 1 aliphatic rings. The van der Waals surface area contributed by atoms with Crippen molar-refractivity contribution in [3.05, 3.63) is 12.7 Å². The van der Waals surface area contributed by atoms with Gasteiger partial charge in [-0.3, -0.25) is 4.90 Å². The van der Waals surface area contributed by atoms with Gasteiger partial charge in [-0.2, -0.15) is 0 Å². The number of nitrogens with zero attached hydrogens (tertiary/aromatic N) is 2. The fraction of sp³-hybridized carbons (Fsp3) is 0.818. The van der Waals surface area contributed by atoms with Crippen molar-refractivity contribution in [2.24, 2.45) is 0 Å². The summed E-state index contributed by atoms with van der Waals surface area (Å²) in [6.07, 6.45) is 3.04. The standard InChI is InChI=1S/C11H23N3/c1-5-6-10(12-2)11-9-13(3)7-8-14(11)4/h5,10-12H,1,6-9H2,2-4H3. The first-order chi connectivity index (χ1) is 6.69. The van der Waals surface area contributed by atoms with Gasteiger partial charge in [-0.25, -0.2) is 0 Å². The highest BCUT2D eigenvalue weighted by atomic mass is 15.3. The Morgan fingerprint density at radius 3 is 2.79 bits per heavy atom. The highest BCUT2D eigenvalue weighted by molar-refractivity contribution is 4.91. The van der Waals surface area contributed by atoms with Gasteiger partial charge in [-0.15, -0.1) is 6.58 Å². The van der Waals surface area contributed by atoms with Gasteiger partial charge in [0.25, 0.3) is 0 Å². The van der Waals surface area contributed by atoms with E-state index in [1.54, 1.807) is 0 Å². The molecular formula is C11H23N3. The number of hydrogen-bond donors (Lipinski definition) is 1. The first-order valence-corrected chi connectivity index (χ1v) is 5.36. The average Bonchev–Trinajstić information content (AvgIpc) is 2.18. The molecule has 0 aromatic heterocycles. The van der Waals surface area contributed by atoms with Crippen LogP contribution in [0.2, 0.25) is 0 Å². The normalized spacial score (nSPS) is 27.5. The molecule has 0 radical (unpaired) electrons. The first-order valence-electron chi connectivity index (χ1n) is 5.36. The lowest BCUT2D eigenvalue weighted by Crippen LogP contribution is -2.57. The molecule has 3 nitrogen and oxygen atoms in total. The molecule has 1 saturated heterocycles. The summed E-state index contributed by atoms with van der Waals surface area (Å²) in [5.41, 5.74) is 0. The number of hydrogen-bond acceptors (Lipinski definition) is 3. The molecule has 0 aromatic rings. The fourth-order valence-electron chi connectivity index (χ4n) is 2.13. The van der Waals surface area contributed by atoms with E-state index >= 15 is 0 Å². The third-order valence-corrected chi connectivity index (χ3v) is 3.16. The largest absolute Gasteiger partial charge is 0.315 e. The molecule has 1 heterocycles. The van der Waals surface area contributed by atoms with Crippen molar-refractivity contribution in [3.63, 3.8) is 0 Å². The van der Waals surface area contributed by atoms with Crippen LogP contribution in [-0.2, 0) is 0 Å². The summed E-state index contributed by atoms with van der Waals surface area (Å²) in [6.45, 7) is 7.31. The number of likely N-dealkylation sites (N-methyl/N-ethyl adjacent to an activating group) is 3. The van der Waals surface area contributed by atoms with E-state index in [1.807, 2.05) is 13.1 Å². The summed E-state index contributed by atoms with van der Waals surface area (Å²) >= 11 is 0. The maximum Gasteiger partial charge on any atom is 0.0376 e. The van der Waals surface area contributed by atoms with Gasteiger partial charge in [-0.05, 0) is 27.6 Å². The van der Waals surface area contributed by atoms with Crippen LogP contribution in [0.1, 0.15) is 6.42 Å². The number of piperazine rings is 1. The minimum absolute atomic E-state index is 0.528.